The van der Waals surface area contributed by atoms with Crippen molar-refractivity contribution in [2.75, 3.05) is 37.7 Å². The Kier molecular flexibility index (Phi) is 5.19. The normalized spacial score (nSPS) is 20.6. The van der Waals surface area contributed by atoms with Crippen LogP contribution in [0.15, 0.2) is 42.0 Å². The summed E-state index contributed by atoms with van der Waals surface area (Å²) in [5.74, 6) is 1.16. The Morgan fingerprint density at radius 2 is 1.82 bits per heavy atom. The lowest BCUT2D eigenvalue weighted by Crippen LogP contribution is -2.42. The number of ketones is 1. The molecule has 0 saturated carbocycles. The quantitative estimate of drug-likeness (QED) is 0.694. The maximum Gasteiger partial charge on any atom is 0.193 e. The van der Waals surface area contributed by atoms with Gasteiger partial charge in [-0.25, -0.2) is 8.42 Å². The highest BCUT2D eigenvalue weighted by atomic mass is 32.2. The van der Waals surface area contributed by atoms with E-state index in [1.54, 1.807) is 6.07 Å². The van der Waals surface area contributed by atoms with Gasteiger partial charge in [0.1, 0.15) is 12.4 Å². The minimum Gasteiger partial charge on any atom is -0.492 e. The highest BCUT2D eigenvalue weighted by Crippen LogP contribution is 2.50. The van der Waals surface area contributed by atoms with E-state index in [-0.39, 0.29) is 22.7 Å². The highest BCUT2D eigenvalue weighted by molar-refractivity contribution is 7.91. The maximum atomic E-state index is 13.5. The molecule has 0 N–H and O–H groups in total. The number of Topliss-reactive ketones (excluding diaryl/α,β-unsaturated/α-hetero) is 1. The Balaban J connectivity index is 1.36. The second-order valence-electron chi connectivity index (χ2n) is 9.52. The van der Waals surface area contributed by atoms with Crippen LogP contribution in [0, 0.1) is 11.3 Å². The second-order valence-corrected chi connectivity index (χ2v) is 11.8. The van der Waals surface area contributed by atoms with Crippen molar-refractivity contribution in [3.8, 4) is 11.8 Å². The van der Waals surface area contributed by atoms with Gasteiger partial charge in [-0.1, -0.05) is 19.9 Å². The summed E-state index contributed by atoms with van der Waals surface area (Å²) in [5, 5.41) is 9.26. The number of hydrogen-bond donors (Lipinski definition) is 0. The van der Waals surface area contributed by atoms with Gasteiger partial charge in [-0.2, -0.15) is 5.26 Å². The van der Waals surface area contributed by atoms with Crippen molar-refractivity contribution in [2.45, 2.75) is 25.7 Å². The van der Waals surface area contributed by atoms with E-state index in [1.165, 1.54) is 0 Å². The molecule has 6 nitrogen and oxygen atoms in total. The van der Waals surface area contributed by atoms with Crippen LogP contribution in [0.4, 0.5) is 0 Å². The third kappa shape index (κ3) is 3.77. The van der Waals surface area contributed by atoms with Crippen LogP contribution in [-0.2, 0) is 21.7 Å². The molecule has 7 heteroatoms. The van der Waals surface area contributed by atoms with Crippen molar-refractivity contribution in [3.05, 3.63) is 69.8 Å². The molecule has 1 saturated heterocycles. The fourth-order valence-corrected chi connectivity index (χ4v) is 6.46. The first kappa shape index (κ1) is 21.9. The number of ether oxygens (including phenoxy) is 1. The summed E-state index contributed by atoms with van der Waals surface area (Å²) in [5.41, 5.74) is 5.77. The van der Waals surface area contributed by atoms with Crippen LogP contribution < -0.4 is 4.74 Å². The van der Waals surface area contributed by atoms with Gasteiger partial charge in [-0.3, -0.25) is 9.69 Å². The summed E-state index contributed by atoms with van der Waals surface area (Å²) in [6.45, 7) is 6.50. The molecule has 2 aromatic carbocycles. The molecular formula is C26H26N2O4S. The minimum absolute atomic E-state index is 0.0314. The predicted octanol–water partition coefficient (Wildman–Crippen LogP) is 3.15. The van der Waals surface area contributed by atoms with Gasteiger partial charge >= 0.3 is 0 Å². The zero-order valence-electron chi connectivity index (χ0n) is 18.8. The van der Waals surface area contributed by atoms with Gasteiger partial charge in [-0.15, -0.1) is 0 Å². The smallest absolute Gasteiger partial charge is 0.193 e. The van der Waals surface area contributed by atoms with Crippen molar-refractivity contribution in [1.82, 2.24) is 4.90 Å². The number of rotatable bonds is 4. The highest BCUT2D eigenvalue weighted by Gasteiger charge is 2.43. The summed E-state index contributed by atoms with van der Waals surface area (Å²) < 4.78 is 29.2. The first-order chi connectivity index (χ1) is 15.7. The molecule has 0 amide bonds. The first-order valence-corrected chi connectivity index (χ1v) is 13.0. The molecule has 3 aliphatic rings. The monoisotopic (exact) mass is 462 g/mol. The number of sulfone groups is 1. The molecule has 0 bridgehead atoms. The molecule has 0 spiro atoms. The molecule has 0 aromatic heterocycles. The fraction of sp³-hybridized carbons (Fsp3) is 0.385. The van der Waals surface area contributed by atoms with Gasteiger partial charge in [-0.05, 0) is 59.0 Å². The van der Waals surface area contributed by atoms with Crippen molar-refractivity contribution in [2.24, 2.45) is 0 Å². The molecule has 2 aliphatic carbocycles. The second kappa shape index (κ2) is 7.82. The summed E-state index contributed by atoms with van der Waals surface area (Å²) in [7, 11) is -2.89. The SMILES string of the molecule is CC1(C)C2=C(C(=O)c3ccc(OCCN4CCS(=O)(=O)CC4)cc31)c1ccc(C#N)cc1C2. The van der Waals surface area contributed by atoms with E-state index in [4.69, 9.17) is 4.74 Å². The number of carbonyl (C=O) groups excluding carboxylic acids is 1. The van der Waals surface area contributed by atoms with E-state index in [9.17, 15) is 18.5 Å². The molecule has 5 rings (SSSR count). The Hall–Kier alpha value is -2.95. The van der Waals surface area contributed by atoms with Crippen molar-refractivity contribution in [1.29, 1.82) is 5.26 Å². The Morgan fingerprint density at radius 1 is 1.09 bits per heavy atom. The molecule has 1 fully saturated rings. The topological polar surface area (TPSA) is 87.5 Å². The van der Waals surface area contributed by atoms with Crippen molar-refractivity contribution >= 4 is 21.2 Å². The average molecular weight is 463 g/mol. The van der Waals surface area contributed by atoms with E-state index >= 15 is 0 Å². The number of benzene rings is 2. The van der Waals surface area contributed by atoms with Crippen LogP contribution in [0.1, 0.15) is 46.5 Å². The largest absolute Gasteiger partial charge is 0.492 e. The number of carbonyl (C=O) groups is 1. The van der Waals surface area contributed by atoms with E-state index in [0.717, 1.165) is 27.8 Å². The number of nitrogens with zero attached hydrogens (tertiary/aromatic N) is 2. The molecule has 1 aliphatic heterocycles. The summed E-state index contributed by atoms with van der Waals surface area (Å²) in [6.07, 6.45) is 0.668. The molecule has 33 heavy (non-hydrogen) atoms. The lowest BCUT2D eigenvalue weighted by Gasteiger charge is -2.34. The number of fused-ring (bicyclic) bond motifs is 3. The third-order valence-electron chi connectivity index (χ3n) is 7.18. The van der Waals surface area contributed by atoms with Crippen LogP contribution in [0.25, 0.3) is 5.57 Å². The standard InChI is InChI=1S/C26H26N2O4S/c1-26(2)22-15-19(32-10-7-28-8-11-33(30,31)12-9-28)4-6-21(22)25(29)24-20-5-3-17(16-27)13-18(20)14-23(24)26/h3-6,13,15H,7-12,14H2,1-2H3. The van der Waals surface area contributed by atoms with Gasteiger partial charge in [0, 0.05) is 36.2 Å². The van der Waals surface area contributed by atoms with Crippen LogP contribution in [0.5, 0.6) is 5.75 Å². The fourth-order valence-electron chi connectivity index (χ4n) is 5.18. The van der Waals surface area contributed by atoms with E-state index in [1.807, 2.05) is 30.3 Å². The summed E-state index contributed by atoms with van der Waals surface area (Å²) in [4.78, 5) is 15.6. The minimum atomic E-state index is -2.89. The molecule has 0 atom stereocenters. The zero-order valence-corrected chi connectivity index (χ0v) is 19.7. The van der Waals surface area contributed by atoms with Crippen LogP contribution in [0.3, 0.4) is 0 Å². The Bertz CT molecular complexity index is 1330. The zero-order chi connectivity index (χ0) is 23.4. The van der Waals surface area contributed by atoms with Gasteiger partial charge in [0.05, 0.1) is 23.1 Å². The molecule has 2 aromatic rings. The first-order valence-electron chi connectivity index (χ1n) is 11.2. The van der Waals surface area contributed by atoms with Crippen LogP contribution in [-0.4, -0.2) is 56.8 Å². The summed E-state index contributed by atoms with van der Waals surface area (Å²) in [6, 6.07) is 13.4. The maximum absolute atomic E-state index is 13.5. The number of nitriles is 1. The number of allylic oxidation sites excluding steroid dienone is 2. The third-order valence-corrected chi connectivity index (χ3v) is 8.79. The number of hydrogen-bond acceptors (Lipinski definition) is 6. The van der Waals surface area contributed by atoms with E-state index in [2.05, 4.69) is 24.8 Å². The molecule has 0 radical (unpaired) electrons. The molecular weight excluding hydrogens is 436 g/mol. The van der Waals surface area contributed by atoms with Crippen molar-refractivity contribution < 1.29 is 17.9 Å². The van der Waals surface area contributed by atoms with Crippen molar-refractivity contribution in [3.63, 3.8) is 0 Å². The molecule has 1 heterocycles. The lowest BCUT2D eigenvalue weighted by molar-refractivity contribution is 0.105. The van der Waals surface area contributed by atoms with Gasteiger partial charge < -0.3 is 4.74 Å². The van der Waals surface area contributed by atoms with Crippen LogP contribution in [0.2, 0.25) is 0 Å². The lowest BCUT2D eigenvalue weighted by atomic mass is 9.68. The predicted molar refractivity (Wildman–Crippen MR) is 126 cm³/mol. The molecule has 170 valence electrons. The van der Waals surface area contributed by atoms with Gasteiger partial charge in [0.2, 0.25) is 0 Å². The van der Waals surface area contributed by atoms with E-state index in [0.29, 0.717) is 49.5 Å². The summed E-state index contributed by atoms with van der Waals surface area (Å²) >= 11 is 0. The Morgan fingerprint density at radius 3 is 2.55 bits per heavy atom. The average Bonchev–Trinajstić information content (AvgIpc) is 3.19. The Labute approximate surface area is 194 Å². The van der Waals surface area contributed by atoms with Gasteiger partial charge in [0.15, 0.2) is 15.6 Å². The molecule has 0 unspecified atom stereocenters. The van der Waals surface area contributed by atoms with Gasteiger partial charge in [0.25, 0.3) is 0 Å². The van der Waals surface area contributed by atoms with E-state index < -0.39 is 9.84 Å². The van der Waals surface area contributed by atoms with Crippen LogP contribution >= 0.6 is 0 Å².